The van der Waals surface area contributed by atoms with Crippen molar-refractivity contribution < 1.29 is 59.9 Å². The second-order valence-corrected chi connectivity index (χ2v) is 1.12. The molecule has 0 aromatic rings. The van der Waals surface area contributed by atoms with Gasteiger partial charge in [0.1, 0.15) is 0 Å². The van der Waals surface area contributed by atoms with Crippen LogP contribution in [0.4, 0.5) is 0 Å². The van der Waals surface area contributed by atoms with Crippen molar-refractivity contribution in [3.05, 3.63) is 76.6 Å². The molecule has 0 aliphatic rings. The molecule has 0 N–H and O–H groups in total. The van der Waals surface area contributed by atoms with Gasteiger partial charge in [0.05, 0.1) is 25.4 Å². The van der Waals surface area contributed by atoms with Crippen LogP contribution < -0.4 is 0 Å². The topological polar surface area (TPSA) is 331 Å². The maximum absolute atomic E-state index is 8.25. The third-order valence-electron chi connectivity index (χ3n) is 0. The maximum Gasteiger partial charge on any atom is 3.00 e. The van der Waals surface area contributed by atoms with Gasteiger partial charge in [0.15, 0.2) is 0 Å². The number of nitrogens with zero attached hydrogens (tertiary/aromatic N) is 5. The van der Waals surface area contributed by atoms with E-state index >= 15 is 0 Å². The Balaban J connectivity index is -0.0000000250. The van der Waals surface area contributed by atoms with Gasteiger partial charge in [0.2, 0.25) is 0 Å². The van der Waals surface area contributed by atoms with Gasteiger partial charge in [-0.2, -0.15) is 0 Å². The van der Waals surface area contributed by atoms with Gasteiger partial charge in [-0.1, -0.05) is 0 Å². The van der Waals surface area contributed by atoms with E-state index in [4.69, 9.17) is 76.6 Å². The predicted octanol–water partition coefficient (Wildman–Crippen LogP) is -1.20. The van der Waals surface area contributed by atoms with Crippen LogP contribution in [-0.4, -0.2) is 25.4 Å². The zero-order chi connectivity index (χ0) is 17.9. The molecular weight excluding hydrogens is 426 g/mol. The van der Waals surface area contributed by atoms with Crippen molar-refractivity contribution in [2.24, 2.45) is 0 Å². The molecule has 0 rings (SSSR count). The fourth-order valence-electron chi connectivity index (χ4n) is 0. The Labute approximate surface area is 137 Å². The van der Waals surface area contributed by atoms with E-state index in [-0.39, 0.29) is 34.4 Å². The minimum absolute atomic E-state index is 0. The molecule has 0 fully saturated rings. The summed E-state index contributed by atoms with van der Waals surface area (Å²) in [5, 5.41) is 73.8. The molecule has 2 radical (unpaired) electrons. The Hall–Kier alpha value is -2.95. The van der Waals surface area contributed by atoms with Crippen molar-refractivity contribution >= 4 is 0 Å². The first-order valence-corrected chi connectivity index (χ1v) is 2.74. The average Bonchev–Trinajstić information content (AvgIpc) is 1.94. The van der Waals surface area contributed by atoms with Gasteiger partial charge in [0, 0.05) is 0 Å². The van der Waals surface area contributed by atoms with Crippen molar-refractivity contribution in [3.8, 4) is 0 Å². The first-order chi connectivity index (χ1) is 8.66. The molecular formula is CrCuN5O15. The van der Waals surface area contributed by atoms with Gasteiger partial charge >= 0.3 is 34.4 Å². The second-order valence-electron chi connectivity index (χ2n) is 1.12. The quantitative estimate of drug-likeness (QED) is 0.249. The molecule has 0 spiro atoms. The molecule has 0 saturated heterocycles. The zero-order valence-electron chi connectivity index (χ0n) is 9.07. The summed E-state index contributed by atoms with van der Waals surface area (Å²) >= 11 is 0. The molecule has 0 aromatic carbocycles. The van der Waals surface area contributed by atoms with E-state index in [9.17, 15) is 0 Å². The largest absolute Gasteiger partial charge is 3.00 e. The van der Waals surface area contributed by atoms with Gasteiger partial charge < -0.3 is 76.6 Å². The van der Waals surface area contributed by atoms with E-state index in [1.807, 2.05) is 0 Å². The molecule has 0 aliphatic carbocycles. The van der Waals surface area contributed by atoms with Crippen LogP contribution in [0, 0.1) is 76.6 Å². The summed E-state index contributed by atoms with van der Waals surface area (Å²) in [7, 11) is 0. The van der Waals surface area contributed by atoms with Crippen LogP contribution in [0.2, 0.25) is 0 Å². The van der Waals surface area contributed by atoms with Crippen molar-refractivity contribution in [2.75, 3.05) is 0 Å². The van der Waals surface area contributed by atoms with E-state index in [1.54, 1.807) is 0 Å². The van der Waals surface area contributed by atoms with E-state index < -0.39 is 25.4 Å². The fourth-order valence-corrected chi connectivity index (χ4v) is 0. The third-order valence-corrected chi connectivity index (χ3v) is 0. The molecule has 0 bridgehead atoms. The number of hydrogen-bond donors (Lipinski definition) is 0. The first kappa shape index (κ1) is 42.7. The Kier molecular flexibility index (Phi) is 70.2. The molecule has 0 heterocycles. The standard InChI is InChI=1S/Cr.Cu.5NO3/c;;5*2-1(3)4/q+3;+2;5*-1. The Morgan fingerprint density at radius 2 is 0.364 bits per heavy atom. The Morgan fingerprint density at radius 1 is 0.364 bits per heavy atom. The van der Waals surface area contributed by atoms with Gasteiger partial charge in [-0.15, -0.1) is 0 Å². The van der Waals surface area contributed by atoms with Crippen LogP contribution in [0.1, 0.15) is 0 Å². The van der Waals surface area contributed by atoms with Crippen LogP contribution in [0.3, 0.4) is 0 Å². The second kappa shape index (κ2) is 36.1. The van der Waals surface area contributed by atoms with Gasteiger partial charge in [-0.05, 0) is 0 Å². The molecule has 132 valence electrons. The van der Waals surface area contributed by atoms with E-state index in [0.717, 1.165) is 0 Å². The molecule has 20 nitrogen and oxygen atoms in total. The van der Waals surface area contributed by atoms with E-state index in [2.05, 4.69) is 0 Å². The number of rotatable bonds is 0. The molecule has 22 heavy (non-hydrogen) atoms. The minimum Gasteiger partial charge on any atom is -0.356 e. The SMILES string of the molecule is O=[N+]([O-])[O-].O=[N+]([O-])[O-].O=[N+]([O-])[O-].O=[N+]([O-])[O-].O=[N+]([O-])[O-].[Cr+3].[Cu+2]. The maximum atomic E-state index is 8.25. The Bertz CT molecular complexity index is 213. The summed E-state index contributed by atoms with van der Waals surface area (Å²) in [5.74, 6) is 0. The Morgan fingerprint density at radius 3 is 0.364 bits per heavy atom. The molecule has 0 aliphatic heterocycles. The summed E-state index contributed by atoms with van der Waals surface area (Å²) in [6.07, 6.45) is 0. The smallest absolute Gasteiger partial charge is 0.356 e. The van der Waals surface area contributed by atoms with Crippen molar-refractivity contribution in [1.29, 1.82) is 0 Å². The van der Waals surface area contributed by atoms with E-state index in [0.29, 0.717) is 0 Å². The zero-order valence-corrected chi connectivity index (χ0v) is 11.3. The molecule has 0 saturated carbocycles. The molecule has 0 atom stereocenters. The van der Waals surface area contributed by atoms with Crippen LogP contribution >= 0.6 is 0 Å². The van der Waals surface area contributed by atoms with Gasteiger partial charge in [-0.25, -0.2) is 0 Å². The minimum atomic E-state index is -1.75. The number of hydrogen-bond acceptors (Lipinski definition) is 15. The van der Waals surface area contributed by atoms with Crippen molar-refractivity contribution in [1.82, 2.24) is 0 Å². The molecule has 22 heteroatoms. The fraction of sp³-hybridized carbons (Fsp3) is 0. The summed E-state index contributed by atoms with van der Waals surface area (Å²) in [6, 6.07) is 0. The summed E-state index contributed by atoms with van der Waals surface area (Å²) in [5.41, 5.74) is 0. The van der Waals surface area contributed by atoms with Crippen LogP contribution in [0.25, 0.3) is 0 Å². The summed E-state index contributed by atoms with van der Waals surface area (Å²) in [6.45, 7) is 0. The molecule has 0 aromatic heterocycles. The van der Waals surface area contributed by atoms with Crippen LogP contribution in [0.5, 0.6) is 0 Å². The van der Waals surface area contributed by atoms with Crippen molar-refractivity contribution in [3.63, 3.8) is 0 Å². The van der Waals surface area contributed by atoms with Crippen molar-refractivity contribution in [2.45, 2.75) is 0 Å². The predicted molar refractivity (Wildman–Crippen MR) is 51.8 cm³/mol. The van der Waals surface area contributed by atoms with Gasteiger partial charge in [0.25, 0.3) is 0 Å². The van der Waals surface area contributed by atoms with Crippen LogP contribution in [0.15, 0.2) is 0 Å². The normalized spacial score (nSPS) is 5.45. The molecule has 0 amide bonds. The van der Waals surface area contributed by atoms with E-state index in [1.165, 1.54) is 0 Å². The average molecular weight is 426 g/mol. The summed E-state index contributed by atoms with van der Waals surface area (Å²) < 4.78 is 0. The van der Waals surface area contributed by atoms with Gasteiger partial charge in [-0.3, -0.25) is 0 Å². The monoisotopic (exact) mass is 425 g/mol. The van der Waals surface area contributed by atoms with Crippen LogP contribution in [-0.2, 0) is 34.4 Å². The third kappa shape index (κ3) is 506. The molecule has 0 unspecified atom stereocenters. The summed E-state index contributed by atoms with van der Waals surface area (Å²) in [4.78, 5) is 41.2. The first-order valence-electron chi connectivity index (χ1n) is 2.74.